The molecule has 0 bridgehead atoms. The fourth-order valence-corrected chi connectivity index (χ4v) is 14.6. The first-order valence-electron chi connectivity index (χ1n) is 22.0. The van der Waals surface area contributed by atoms with Crippen molar-refractivity contribution in [1.29, 1.82) is 0 Å². The fourth-order valence-electron chi connectivity index (χ4n) is 14.6. The van der Waals surface area contributed by atoms with Gasteiger partial charge in [0, 0.05) is 43.4 Å². The summed E-state index contributed by atoms with van der Waals surface area (Å²) < 4.78 is 20.1. The Labute approximate surface area is 341 Å². The van der Waals surface area contributed by atoms with Gasteiger partial charge in [0.15, 0.2) is 5.78 Å². The van der Waals surface area contributed by atoms with Gasteiger partial charge in [0.2, 0.25) is 0 Å². The van der Waals surface area contributed by atoms with Gasteiger partial charge >= 0.3 is 11.9 Å². The van der Waals surface area contributed by atoms with Gasteiger partial charge in [-0.1, -0.05) is 59.2 Å². The number of carboxylic acid groups (broad SMARTS) is 1. The molecule has 316 valence electrons. The average Bonchev–Trinajstić information content (AvgIpc) is 3.65. The zero-order valence-corrected chi connectivity index (χ0v) is 36.6. The highest BCUT2D eigenvalue weighted by Crippen LogP contribution is 2.87. The van der Waals surface area contributed by atoms with Crippen molar-refractivity contribution in [2.45, 2.75) is 145 Å². The molecule has 10 atom stereocenters. The van der Waals surface area contributed by atoms with Crippen LogP contribution in [0.2, 0.25) is 0 Å². The van der Waals surface area contributed by atoms with Crippen LogP contribution >= 0.6 is 0 Å². The maximum Gasteiger partial charge on any atom is 0.309 e. The Morgan fingerprint density at radius 1 is 0.912 bits per heavy atom. The number of aliphatic carboxylic acids is 1. The minimum atomic E-state index is -1.17. The summed E-state index contributed by atoms with van der Waals surface area (Å²) in [5.41, 5.74) is 1.54. The van der Waals surface area contributed by atoms with Gasteiger partial charge < -0.3 is 19.8 Å². The van der Waals surface area contributed by atoms with Gasteiger partial charge in [-0.25, -0.2) is 4.39 Å². The van der Waals surface area contributed by atoms with Gasteiger partial charge in [-0.2, -0.15) is 0 Å². The summed E-state index contributed by atoms with van der Waals surface area (Å²) in [6, 6.07) is 6.66. The number of aliphatic hydroxyl groups excluding tert-OH is 1. The first-order chi connectivity index (χ1) is 26.5. The molecule has 9 heteroatoms. The molecule has 5 saturated carbocycles. The number of rotatable bonds is 13. The summed E-state index contributed by atoms with van der Waals surface area (Å²) in [5.74, 6) is -0.647. The van der Waals surface area contributed by atoms with Crippen LogP contribution in [0, 0.1) is 61.5 Å². The topological polar surface area (TPSA) is 107 Å². The zero-order chi connectivity index (χ0) is 41.7. The second-order valence-corrected chi connectivity index (χ2v) is 21.9. The number of nitrogens with zero attached hydrogens (tertiary/aromatic N) is 2. The molecule has 2 N–H and O–H groups in total. The molecular formula is C48H71FN2O6. The number of esters is 1. The Kier molecular flexibility index (Phi) is 10.6. The van der Waals surface area contributed by atoms with Crippen LogP contribution in [-0.2, 0) is 25.7 Å². The summed E-state index contributed by atoms with van der Waals surface area (Å²) in [7, 11) is 4.11. The third-order valence-electron chi connectivity index (χ3n) is 18.1. The molecule has 7 rings (SSSR count). The van der Waals surface area contributed by atoms with Crippen LogP contribution in [-0.4, -0.2) is 83.7 Å². The average molecular weight is 791 g/mol. The lowest BCUT2D eigenvalue weighted by Crippen LogP contribution is -2.65. The third-order valence-corrected chi connectivity index (χ3v) is 18.1. The Balaban J connectivity index is 1.17. The number of fused-ring (bicyclic) bond motifs is 6. The summed E-state index contributed by atoms with van der Waals surface area (Å²) in [5, 5.41) is 22.3. The zero-order valence-electron chi connectivity index (χ0n) is 36.6. The van der Waals surface area contributed by atoms with Crippen LogP contribution in [0.4, 0.5) is 4.39 Å². The molecule has 1 aromatic rings. The van der Waals surface area contributed by atoms with Gasteiger partial charge in [0.1, 0.15) is 11.9 Å². The number of hydrogen-bond donors (Lipinski definition) is 2. The van der Waals surface area contributed by atoms with E-state index in [0.29, 0.717) is 25.4 Å². The summed E-state index contributed by atoms with van der Waals surface area (Å²) in [6.45, 7) is 20.1. The number of hydrogen-bond acceptors (Lipinski definition) is 7. The monoisotopic (exact) mass is 791 g/mol. The molecule has 0 amide bonds. The molecule has 0 radical (unpaired) electrons. The quantitative estimate of drug-likeness (QED) is 0.191. The molecule has 0 aliphatic heterocycles. The predicted molar refractivity (Wildman–Crippen MR) is 219 cm³/mol. The SMILES string of the molecule is CC(C)C1=C2[C@H]3CC[C@@H]4[C@@]5(C)CC[C@H](OC(=O)CC(C)(C)C(=O)O)C6(C)C[C@]65CC[C@@]4(C)[C@]3(C)CCC2(C(O)CN(CCN(C)C)Cc2ccc(F)cc2)CC1=O. The van der Waals surface area contributed by atoms with Crippen molar-refractivity contribution in [2.75, 3.05) is 33.7 Å². The third kappa shape index (κ3) is 6.40. The van der Waals surface area contributed by atoms with E-state index in [4.69, 9.17) is 4.74 Å². The van der Waals surface area contributed by atoms with Crippen molar-refractivity contribution in [3.8, 4) is 0 Å². The smallest absolute Gasteiger partial charge is 0.309 e. The van der Waals surface area contributed by atoms with Crippen molar-refractivity contribution < 1.29 is 33.7 Å². The molecule has 6 aliphatic carbocycles. The molecule has 6 aliphatic rings. The Bertz CT molecular complexity index is 1810. The molecule has 1 spiro atoms. The molecule has 0 heterocycles. The van der Waals surface area contributed by atoms with Gasteiger partial charge in [-0.15, -0.1) is 0 Å². The number of ether oxygens (including phenoxy) is 1. The molecule has 0 aromatic heterocycles. The fraction of sp³-hybridized carbons (Fsp3) is 0.771. The van der Waals surface area contributed by atoms with Crippen LogP contribution in [0.1, 0.15) is 132 Å². The Morgan fingerprint density at radius 3 is 2.21 bits per heavy atom. The predicted octanol–water partition coefficient (Wildman–Crippen LogP) is 8.70. The number of carboxylic acids is 1. The van der Waals surface area contributed by atoms with E-state index in [9.17, 15) is 29.0 Å². The molecule has 5 fully saturated rings. The first kappa shape index (κ1) is 42.5. The van der Waals surface area contributed by atoms with Crippen LogP contribution in [0.3, 0.4) is 0 Å². The molecule has 1 aromatic carbocycles. The van der Waals surface area contributed by atoms with E-state index in [1.54, 1.807) is 13.8 Å². The lowest BCUT2D eigenvalue weighted by atomic mass is 9.33. The number of likely N-dealkylation sites (N-methyl/N-ethyl adjacent to an activating group) is 1. The second kappa shape index (κ2) is 14.2. The summed E-state index contributed by atoms with van der Waals surface area (Å²) in [4.78, 5) is 43.7. The Morgan fingerprint density at radius 2 is 1.58 bits per heavy atom. The minimum Gasteiger partial charge on any atom is -0.481 e. The highest BCUT2D eigenvalue weighted by Gasteiger charge is 2.82. The standard InChI is InChI=1S/C48H71FN2O6/c1-30(2)39-34(52)25-47(36(53)28-51(24-23-50(9)10)27-31-11-13-32(49)14-12-31)21-19-43(5)33(40(39)47)15-16-35-44(43,6)20-22-48-29-46(48,8)37(17-18-45(35,48)7)57-38(54)26-42(3,4)41(55)56/h11-14,30,33,35-37,53H,15-29H2,1-10H3,(H,55,56)/t33-,35+,36?,37+,43-,44-,45-,46?,47?,48+/m1/s1. The van der Waals surface area contributed by atoms with Crippen molar-refractivity contribution >= 4 is 17.7 Å². The second-order valence-electron chi connectivity index (χ2n) is 21.9. The van der Waals surface area contributed by atoms with Gasteiger partial charge in [0.05, 0.1) is 17.9 Å². The van der Waals surface area contributed by atoms with Gasteiger partial charge in [-0.05, 0) is 148 Å². The van der Waals surface area contributed by atoms with E-state index >= 15 is 0 Å². The lowest BCUT2D eigenvalue weighted by molar-refractivity contribution is -0.221. The van der Waals surface area contributed by atoms with Crippen LogP contribution in [0.5, 0.6) is 0 Å². The van der Waals surface area contributed by atoms with Crippen molar-refractivity contribution in [2.24, 2.45) is 55.7 Å². The maximum absolute atomic E-state index is 14.3. The Hall–Kier alpha value is -2.62. The van der Waals surface area contributed by atoms with E-state index in [0.717, 1.165) is 82.0 Å². The summed E-state index contributed by atoms with van der Waals surface area (Å²) >= 11 is 0. The van der Waals surface area contributed by atoms with E-state index < -0.39 is 28.9 Å². The number of aliphatic hydroxyl groups is 1. The van der Waals surface area contributed by atoms with Crippen molar-refractivity contribution in [3.63, 3.8) is 0 Å². The molecule has 3 unspecified atom stereocenters. The number of allylic oxidation sites excluding steroid dienone is 1. The largest absolute Gasteiger partial charge is 0.481 e. The lowest BCUT2D eigenvalue weighted by Gasteiger charge is -2.71. The number of carbonyl (C=O) groups excluding carboxylic acids is 2. The number of halogens is 1. The number of benzene rings is 1. The van der Waals surface area contributed by atoms with Crippen LogP contribution in [0.15, 0.2) is 35.4 Å². The molecule has 0 saturated heterocycles. The van der Waals surface area contributed by atoms with Crippen LogP contribution in [0.25, 0.3) is 0 Å². The number of Topliss-reactive ketones (excluding diaryl/α,β-unsaturated/α-hetero) is 1. The number of ketones is 1. The van der Waals surface area contributed by atoms with Gasteiger partial charge in [-0.3, -0.25) is 19.3 Å². The van der Waals surface area contributed by atoms with E-state index in [-0.39, 0.29) is 63.0 Å². The van der Waals surface area contributed by atoms with Crippen molar-refractivity contribution in [1.82, 2.24) is 9.80 Å². The van der Waals surface area contributed by atoms with E-state index in [1.165, 1.54) is 17.7 Å². The molecule has 57 heavy (non-hydrogen) atoms. The van der Waals surface area contributed by atoms with E-state index in [2.05, 4.69) is 65.4 Å². The van der Waals surface area contributed by atoms with Crippen LogP contribution < -0.4 is 0 Å². The minimum absolute atomic E-state index is 0.0343. The first-order valence-corrected chi connectivity index (χ1v) is 22.0. The van der Waals surface area contributed by atoms with E-state index in [1.807, 2.05) is 12.1 Å². The van der Waals surface area contributed by atoms with Crippen molar-refractivity contribution in [3.05, 3.63) is 46.8 Å². The maximum atomic E-state index is 14.3. The highest BCUT2D eigenvalue weighted by atomic mass is 19.1. The molecule has 8 nitrogen and oxygen atoms in total. The number of carbonyl (C=O) groups is 3. The highest BCUT2D eigenvalue weighted by molar-refractivity contribution is 6.00. The summed E-state index contributed by atoms with van der Waals surface area (Å²) in [6.07, 6.45) is 8.20. The normalized spacial score (nSPS) is 39.0. The van der Waals surface area contributed by atoms with Gasteiger partial charge in [0.25, 0.3) is 0 Å². The molecular weight excluding hydrogens is 720 g/mol.